The molecule has 51 heavy (non-hydrogen) atoms. The fraction of sp³-hybridized carbons (Fsp3) is 0. The predicted octanol–water partition coefficient (Wildman–Crippen LogP) is 12.2. The van der Waals surface area contributed by atoms with Gasteiger partial charge in [-0.05, 0) is 35.9 Å². The Balaban J connectivity index is 1.11. The molecule has 0 spiro atoms. The standard InChI is InChI=1S/C45H25N3O3/c1-3-11-27(12-4-1)43-46-44(28-13-5-2-6-14-28)48-45(47-43)29-21-19-26(20-22-29)33-25-37-39(38-32-16-8-10-18-35(32)51-42(33)38)40-36(49-37)24-23-31-30-15-7-9-17-34(30)50-41(31)40/h1-25H. The summed E-state index contributed by atoms with van der Waals surface area (Å²) in [6, 6.07) is 50.9. The van der Waals surface area contributed by atoms with E-state index in [-0.39, 0.29) is 0 Å². The minimum Gasteiger partial charge on any atom is -0.456 e. The number of furan rings is 3. The van der Waals surface area contributed by atoms with Gasteiger partial charge in [-0.25, -0.2) is 15.0 Å². The van der Waals surface area contributed by atoms with Crippen LogP contribution in [0.25, 0.3) is 111 Å². The van der Waals surface area contributed by atoms with Crippen LogP contribution in [0, 0.1) is 0 Å². The quantitative estimate of drug-likeness (QED) is 0.188. The summed E-state index contributed by atoms with van der Waals surface area (Å²) in [5.74, 6) is 1.86. The van der Waals surface area contributed by atoms with E-state index in [1.54, 1.807) is 0 Å². The van der Waals surface area contributed by atoms with Crippen molar-refractivity contribution in [2.45, 2.75) is 0 Å². The Morgan fingerprint density at radius 3 is 1.51 bits per heavy atom. The molecule has 11 aromatic rings. The van der Waals surface area contributed by atoms with E-state index in [1.165, 1.54) is 0 Å². The SMILES string of the molecule is c1ccc(-c2nc(-c3ccccc3)nc(-c3ccc(-c4cc5oc6ccc7c8ccccc8oc7c6c5c5c4oc4ccccc45)cc3)n2)cc1. The Morgan fingerprint density at radius 1 is 0.314 bits per heavy atom. The van der Waals surface area contributed by atoms with Crippen LogP contribution in [0.1, 0.15) is 0 Å². The van der Waals surface area contributed by atoms with Gasteiger partial charge in [0.05, 0.1) is 5.39 Å². The van der Waals surface area contributed by atoms with E-state index in [9.17, 15) is 0 Å². The van der Waals surface area contributed by atoms with Gasteiger partial charge in [-0.15, -0.1) is 0 Å². The molecule has 238 valence electrons. The van der Waals surface area contributed by atoms with Gasteiger partial charge in [0.2, 0.25) is 0 Å². The number of fused-ring (bicyclic) bond motifs is 11. The molecule has 0 saturated carbocycles. The second-order valence-electron chi connectivity index (χ2n) is 12.7. The maximum Gasteiger partial charge on any atom is 0.164 e. The molecule has 0 atom stereocenters. The first kappa shape index (κ1) is 27.9. The normalized spacial score (nSPS) is 11.9. The average molecular weight is 656 g/mol. The van der Waals surface area contributed by atoms with E-state index in [0.717, 1.165) is 93.6 Å². The molecule has 11 rings (SSSR count). The number of nitrogens with zero attached hydrogens (tertiary/aromatic N) is 3. The molecule has 6 nitrogen and oxygen atoms in total. The van der Waals surface area contributed by atoms with Crippen molar-refractivity contribution in [3.05, 3.63) is 152 Å². The molecule has 0 saturated heterocycles. The van der Waals surface area contributed by atoms with E-state index in [0.29, 0.717) is 17.5 Å². The largest absolute Gasteiger partial charge is 0.456 e. The maximum absolute atomic E-state index is 6.67. The van der Waals surface area contributed by atoms with Crippen LogP contribution in [0.15, 0.2) is 165 Å². The van der Waals surface area contributed by atoms with Crippen LogP contribution in [0.3, 0.4) is 0 Å². The molecule has 0 N–H and O–H groups in total. The molecule has 0 amide bonds. The lowest BCUT2D eigenvalue weighted by Crippen LogP contribution is -2.00. The van der Waals surface area contributed by atoms with E-state index >= 15 is 0 Å². The number of rotatable bonds is 4. The summed E-state index contributed by atoms with van der Waals surface area (Å²) < 4.78 is 19.8. The van der Waals surface area contributed by atoms with Gasteiger partial charge in [0.1, 0.15) is 33.5 Å². The highest BCUT2D eigenvalue weighted by Gasteiger charge is 2.24. The zero-order chi connectivity index (χ0) is 33.5. The third kappa shape index (κ3) is 4.26. The van der Waals surface area contributed by atoms with Crippen LogP contribution in [0.2, 0.25) is 0 Å². The van der Waals surface area contributed by atoms with Crippen molar-refractivity contribution in [3.63, 3.8) is 0 Å². The lowest BCUT2D eigenvalue weighted by atomic mass is 9.97. The highest BCUT2D eigenvalue weighted by molar-refractivity contribution is 6.33. The van der Waals surface area contributed by atoms with E-state index in [4.69, 9.17) is 28.2 Å². The zero-order valence-electron chi connectivity index (χ0n) is 27.0. The van der Waals surface area contributed by atoms with E-state index in [1.807, 2.05) is 103 Å². The molecule has 7 aromatic carbocycles. The summed E-state index contributed by atoms with van der Waals surface area (Å²) in [5.41, 5.74) is 9.49. The van der Waals surface area contributed by atoms with Gasteiger partial charge < -0.3 is 13.3 Å². The van der Waals surface area contributed by atoms with Crippen molar-refractivity contribution in [2.75, 3.05) is 0 Å². The smallest absolute Gasteiger partial charge is 0.164 e. The molecule has 0 fully saturated rings. The lowest BCUT2D eigenvalue weighted by molar-refractivity contribution is 0.660. The number of para-hydroxylation sites is 2. The van der Waals surface area contributed by atoms with Crippen LogP contribution in [-0.4, -0.2) is 15.0 Å². The van der Waals surface area contributed by atoms with Crippen molar-refractivity contribution in [3.8, 4) is 45.3 Å². The van der Waals surface area contributed by atoms with Crippen molar-refractivity contribution in [1.29, 1.82) is 0 Å². The minimum absolute atomic E-state index is 0.603. The fourth-order valence-corrected chi connectivity index (χ4v) is 7.37. The van der Waals surface area contributed by atoms with Crippen molar-refractivity contribution < 1.29 is 13.3 Å². The monoisotopic (exact) mass is 655 g/mol. The minimum atomic E-state index is 0.603. The van der Waals surface area contributed by atoms with Crippen LogP contribution in [0.4, 0.5) is 0 Å². The molecule has 0 aliphatic rings. The first-order valence-corrected chi connectivity index (χ1v) is 16.9. The second-order valence-corrected chi connectivity index (χ2v) is 12.7. The first-order valence-electron chi connectivity index (χ1n) is 16.9. The van der Waals surface area contributed by atoms with Gasteiger partial charge in [0.15, 0.2) is 17.5 Å². The summed E-state index contributed by atoms with van der Waals surface area (Å²) in [6.07, 6.45) is 0. The predicted molar refractivity (Wildman–Crippen MR) is 203 cm³/mol. The highest BCUT2D eigenvalue weighted by atomic mass is 16.3. The van der Waals surface area contributed by atoms with Crippen LogP contribution < -0.4 is 0 Å². The number of hydrogen-bond acceptors (Lipinski definition) is 6. The summed E-state index contributed by atoms with van der Waals surface area (Å²) in [6.45, 7) is 0. The molecular weight excluding hydrogens is 631 g/mol. The van der Waals surface area contributed by atoms with Crippen molar-refractivity contribution in [2.24, 2.45) is 0 Å². The van der Waals surface area contributed by atoms with Crippen molar-refractivity contribution in [1.82, 2.24) is 15.0 Å². The Morgan fingerprint density at radius 2 is 0.843 bits per heavy atom. The lowest BCUT2D eigenvalue weighted by Gasteiger charge is -2.09. The molecule has 6 heteroatoms. The van der Waals surface area contributed by atoms with Gasteiger partial charge in [0, 0.05) is 49.2 Å². The molecular formula is C45H25N3O3. The molecule has 4 aromatic heterocycles. The first-order chi connectivity index (χ1) is 25.3. The second kappa shape index (κ2) is 10.7. The Bertz CT molecular complexity index is 3060. The molecule has 4 heterocycles. The third-order valence-electron chi connectivity index (χ3n) is 9.74. The summed E-state index contributed by atoms with van der Waals surface area (Å²) in [7, 11) is 0. The summed E-state index contributed by atoms with van der Waals surface area (Å²) in [5, 5.41) is 6.12. The van der Waals surface area contributed by atoms with Crippen LogP contribution >= 0.6 is 0 Å². The topological polar surface area (TPSA) is 78.1 Å². The summed E-state index contributed by atoms with van der Waals surface area (Å²) >= 11 is 0. The molecule has 0 bridgehead atoms. The third-order valence-corrected chi connectivity index (χ3v) is 9.74. The Kier molecular flexibility index (Phi) is 5.86. The van der Waals surface area contributed by atoms with Gasteiger partial charge in [-0.2, -0.15) is 0 Å². The Hall–Kier alpha value is -7.05. The molecule has 0 aliphatic carbocycles. The maximum atomic E-state index is 6.67. The number of hydrogen-bond donors (Lipinski definition) is 0. The summed E-state index contributed by atoms with van der Waals surface area (Å²) in [4.78, 5) is 14.7. The molecule has 0 radical (unpaired) electrons. The number of benzene rings is 7. The average Bonchev–Trinajstić information content (AvgIpc) is 3.89. The molecule has 0 unspecified atom stereocenters. The Labute approximate surface area is 290 Å². The van der Waals surface area contributed by atoms with Gasteiger partial charge in [-0.3, -0.25) is 0 Å². The van der Waals surface area contributed by atoms with Gasteiger partial charge in [-0.1, -0.05) is 121 Å². The van der Waals surface area contributed by atoms with Crippen molar-refractivity contribution >= 4 is 65.8 Å². The number of aromatic nitrogens is 3. The van der Waals surface area contributed by atoms with Gasteiger partial charge in [0.25, 0.3) is 0 Å². The molecule has 0 aliphatic heterocycles. The van der Waals surface area contributed by atoms with Crippen LogP contribution in [0.5, 0.6) is 0 Å². The fourth-order valence-electron chi connectivity index (χ4n) is 7.37. The van der Waals surface area contributed by atoms with Gasteiger partial charge >= 0.3 is 0 Å². The van der Waals surface area contributed by atoms with E-state index < -0.39 is 0 Å². The van der Waals surface area contributed by atoms with Crippen LogP contribution in [-0.2, 0) is 0 Å². The zero-order valence-corrected chi connectivity index (χ0v) is 27.0. The van der Waals surface area contributed by atoms with E-state index in [2.05, 4.69) is 48.5 Å². The highest BCUT2D eigenvalue weighted by Crippen LogP contribution is 2.47.